The van der Waals surface area contributed by atoms with Gasteiger partial charge in [-0.15, -0.1) is 0 Å². The zero-order valence-corrected chi connectivity index (χ0v) is 17.1. The van der Waals surface area contributed by atoms with Gasteiger partial charge < -0.3 is 21.7 Å². The van der Waals surface area contributed by atoms with Crippen molar-refractivity contribution in [3.63, 3.8) is 0 Å². The summed E-state index contributed by atoms with van der Waals surface area (Å²) < 4.78 is 0. The van der Waals surface area contributed by atoms with E-state index in [1.807, 2.05) is 30.3 Å². The summed E-state index contributed by atoms with van der Waals surface area (Å²) in [6.45, 7) is 6.12. The van der Waals surface area contributed by atoms with Crippen molar-refractivity contribution in [1.82, 2.24) is 0 Å². The standard InChI is InChI=1S/C23H29N5O/c1-16-6-7-18(14-17(16)2)26-11-10-22(25)27-23(29)20-15-19(8-9-21(20)24)28-12-4-3-5-13-28/h6-11,14-15,26H,3-5,12-13,24H2,1-2H3,(H2,25,27,29). The molecule has 0 aliphatic carbocycles. The molecule has 1 aliphatic heterocycles. The lowest BCUT2D eigenvalue weighted by atomic mass is 10.1. The molecule has 3 rings (SSSR count). The summed E-state index contributed by atoms with van der Waals surface area (Å²) in [4.78, 5) is 18.9. The van der Waals surface area contributed by atoms with E-state index in [2.05, 4.69) is 29.1 Å². The van der Waals surface area contributed by atoms with Gasteiger partial charge in [-0.1, -0.05) is 6.07 Å². The molecule has 1 heterocycles. The second-order valence-electron chi connectivity index (χ2n) is 7.44. The maximum absolute atomic E-state index is 12.6. The lowest BCUT2D eigenvalue weighted by molar-refractivity contribution is 0.100. The zero-order valence-electron chi connectivity index (χ0n) is 17.1. The van der Waals surface area contributed by atoms with E-state index in [4.69, 9.17) is 11.5 Å². The van der Waals surface area contributed by atoms with Crippen molar-refractivity contribution >= 4 is 28.8 Å². The summed E-state index contributed by atoms with van der Waals surface area (Å²) in [5, 5.41) is 3.14. The molecule has 1 saturated heterocycles. The van der Waals surface area contributed by atoms with Gasteiger partial charge in [-0.25, -0.2) is 0 Å². The number of aryl methyl sites for hydroxylation is 2. The van der Waals surface area contributed by atoms with E-state index in [0.717, 1.165) is 37.3 Å². The number of amidine groups is 1. The Kier molecular flexibility index (Phi) is 6.54. The molecule has 5 N–H and O–H groups in total. The number of anilines is 3. The fraction of sp³-hybridized carbons (Fsp3) is 0.304. The topological polar surface area (TPSA) is 96.7 Å². The number of carbonyl (C=O) groups is 1. The lowest BCUT2D eigenvalue weighted by Crippen LogP contribution is -2.29. The molecule has 152 valence electrons. The van der Waals surface area contributed by atoms with Crippen molar-refractivity contribution in [3.8, 4) is 0 Å². The number of hydrogen-bond donors (Lipinski definition) is 3. The number of rotatable bonds is 5. The average Bonchev–Trinajstić information content (AvgIpc) is 2.71. The zero-order chi connectivity index (χ0) is 20.8. The molecular weight excluding hydrogens is 362 g/mol. The predicted octanol–water partition coefficient (Wildman–Crippen LogP) is 4.00. The van der Waals surface area contributed by atoms with Crippen LogP contribution in [0.2, 0.25) is 0 Å². The third kappa shape index (κ3) is 5.38. The Balaban J connectivity index is 1.68. The van der Waals surface area contributed by atoms with Crippen molar-refractivity contribution in [2.24, 2.45) is 10.7 Å². The fourth-order valence-electron chi connectivity index (χ4n) is 3.35. The summed E-state index contributed by atoms with van der Waals surface area (Å²) in [5.41, 5.74) is 17.1. The van der Waals surface area contributed by atoms with Crippen LogP contribution >= 0.6 is 0 Å². The van der Waals surface area contributed by atoms with Gasteiger partial charge in [-0.2, -0.15) is 4.99 Å². The number of benzene rings is 2. The highest BCUT2D eigenvalue weighted by Crippen LogP contribution is 2.25. The Morgan fingerprint density at radius 1 is 1.07 bits per heavy atom. The normalized spacial score (nSPS) is 15.0. The lowest BCUT2D eigenvalue weighted by Gasteiger charge is -2.29. The summed E-state index contributed by atoms with van der Waals surface area (Å²) in [5.74, 6) is -0.316. The Labute approximate surface area is 172 Å². The van der Waals surface area contributed by atoms with Crippen LogP contribution in [0.4, 0.5) is 17.1 Å². The number of piperidine rings is 1. The highest BCUT2D eigenvalue weighted by Gasteiger charge is 2.15. The molecule has 0 radical (unpaired) electrons. The van der Waals surface area contributed by atoms with Crippen LogP contribution in [-0.2, 0) is 0 Å². The molecule has 0 atom stereocenters. The van der Waals surface area contributed by atoms with Gasteiger partial charge in [-0.3, -0.25) is 4.79 Å². The minimum absolute atomic E-state index is 0.120. The first-order valence-electron chi connectivity index (χ1n) is 9.97. The average molecular weight is 392 g/mol. The highest BCUT2D eigenvalue weighted by molar-refractivity contribution is 6.09. The van der Waals surface area contributed by atoms with Crippen molar-refractivity contribution in [2.45, 2.75) is 33.1 Å². The van der Waals surface area contributed by atoms with Crippen molar-refractivity contribution < 1.29 is 4.79 Å². The minimum Gasteiger partial charge on any atom is -0.398 e. The fourth-order valence-corrected chi connectivity index (χ4v) is 3.35. The smallest absolute Gasteiger partial charge is 0.281 e. The second kappa shape index (κ2) is 9.28. The number of nitrogens with two attached hydrogens (primary N) is 2. The van der Waals surface area contributed by atoms with E-state index in [9.17, 15) is 4.79 Å². The van der Waals surface area contributed by atoms with Crippen molar-refractivity contribution in [3.05, 3.63) is 65.4 Å². The highest BCUT2D eigenvalue weighted by atomic mass is 16.1. The quantitative estimate of drug-likeness (QED) is 0.407. The molecule has 0 saturated carbocycles. The van der Waals surface area contributed by atoms with Crippen LogP contribution in [0.15, 0.2) is 53.7 Å². The van der Waals surface area contributed by atoms with Crippen LogP contribution in [0.25, 0.3) is 0 Å². The van der Waals surface area contributed by atoms with Gasteiger partial charge >= 0.3 is 0 Å². The van der Waals surface area contributed by atoms with Crippen LogP contribution in [-0.4, -0.2) is 24.8 Å². The summed E-state index contributed by atoms with van der Waals surface area (Å²) in [6, 6.07) is 11.6. The first-order chi connectivity index (χ1) is 13.9. The van der Waals surface area contributed by atoms with Gasteiger partial charge in [0.15, 0.2) is 0 Å². The van der Waals surface area contributed by atoms with Gasteiger partial charge in [0.25, 0.3) is 5.91 Å². The monoisotopic (exact) mass is 391 g/mol. The van der Waals surface area contributed by atoms with Crippen molar-refractivity contribution in [2.75, 3.05) is 29.0 Å². The van der Waals surface area contributed by atoms with Gasteiger partial charge in [0.05, 0.1) is 5.56 Å². The first kappa shape index (κ1) is 20.5. The minimum atomic E-state index is -0.435. The van der Waals surface area contributed by atoms with E-state index in [0.29, 0.717) is 11.3 Å². The van der Waals surface area contributed by atoms with Gasteiger partial charge in [0.1, 0.15) is 5.84 Å². The molecule has 0 spiro atoms. The molecule has 2 aromatic rings. The maximum atomic E-state index is 12.6. The molecule has 1 amide bonds. The summed E-state index contributed by atoms with van der Waals surface area (Å²) in [7, 11) is 0. The van der Waals surface area contributed by atoms with Gasteiger partial charge in [0.2, 0.25) is 0 Å². The Bertz CT molecular complexity index is 942. The molecule has 29 heavy (non-hydrogen) atoms. The molecule has 1 aliphatic rings. The Morgan fingerprint density at radius 3 is 2.55 bits per heavy atom. The van der Waals surface area contributed by atoms with E-state index >= 15 is 0 Å². The number of hydrogen-bond acceptors (Lipinski definition) is 4. The number of amides is 1. The SMILES string of the molecule is Cc1ccc(NC=CC(N)=NC(=O)c2cc(N3CCCCC3)ccc2N)cc1C. The first-order valence-corrected chi connectivity index (χ1v) is 9.97. The number of nitrogens with zero attached hydrogens (tertiary/aromatic N) is 2. The Morgan fingerprint density at radius 2 is 1.83 bits per heavy atom. The molecule has 1 fully saturated rings. The largest absolute Gasteiger partial charge is 0.398 e. The van der Waals surface area contributed by atoms with Crippen LogP contribution in [0.5, 0.6) is 0 Å². The molecule has 6 nitrogen and oxygen atoms in total. The number of aliphatic imine (C=N–C) groups is 1. The molecule has 6 heteroatoms. The van der Waals surface area contributed by atoms with E-state index in [1.54, 1.807) is 18.3 Å². The Hall–Kier alpha value is -3.28. The van der Waals surface area contributed by atoms with Crippen LogP contribution in [0.1, 0.15) is 40.7 Å². The van der Waals surface area contributed by atoms with Crippen LogP contribution < -0.4 is 21.7 Å². The second-order valence-corrected chi connectivity index (χ2v) is 7.44. The van der Waals surface area contributed by atoms with E-state index in [1.165, 1.54) is 17.5 Å². The van der Waals surface area contributed by atoms with Gasteiger partial charge in [-0.05, 0) is 80.6 Å². The van der Waals surface area contributed by atoms with Crippen molar-refractivity contribution in [1.29, 1.82) is 0 Å². The number of nitrogen functional groups attached to an aromatic ring is 1. The van der Waals surface area contributed by atoms with Crippen LogP contribution in [0.3, 0.4) is 0 Å². The predicted molar refractivity (Wildman–Crippen MR) is 122 cm³/mol. The number of carbonyl (C=O) groups excluding carboxylic acids is 1. The third-order valence-electron chi connectivity index (χ3n) is 5.23. The molecule has 0 aromatic heterocycles. The molecular formula is C23H29N5O. The van der Waals surface area contributed by atoms with Crippen LogP contribution in [0, 0.1) is 13.8 Å². The molecule has 2 aromatic carbocycles. The third-order valence-corrected chi connectivity index (χ3v) is 5.23. The van der Waals surface area contributed by atoms with E-state index < -0.39 is 5.91 Å². The number of nitrogens with one attached hydrogen (secondary N) is 1. The molecule has 0 unspecified atom stereocenters. The maximum Gasteiger partial charge on any atom is 0.281 e. The van der Waals surface area contributed by atoms with E-state index in [-0.39, 0.29) is 5.84 Å². The summed E-state index contributed by atoms with van der Waals surface area (Å²) >= 11 is 0. The molecule has 0 bridgehead atoms. The summed E-state index contributed by atoms with van der Waals surface area (Å²) in [6.07, 6.45) is 6.82. The van der Waals surface area contributed by atoms with Gasteiger partial charge in [0, 0.05) is 36.4 Å².